The maximum Gasteiger partial charge on any atom is 0.506 e. The fourth-order valence-corrected chi connectivity index (χ4v) is 6.24. The molecular formula is C32H40N6O7. The number of rotatable bonds is 11. The molecule has 3 amide bonds. The van der Waals surface area contributed by atoms with Gasteiger partial charge in [0.05, 0.1) is 6.61 Å². The standard InChI is InChI=1S/C32H40N6O7/c1-2-3-15-44-31(41)37-13-11-36(12-14-37)30(40)25(16-20-9-10-20)34-29(39)24-17-26(35-28(33-24)21-7-5-4-6-8-21)38-18-22-23(19-38)27(22)45-32(42)43/h4-8,17,20,22-23,25,27H,2-3,9-16,18-19H2,1H3,(H,34,39)(H,42,43)/t22-,23+,25-,27?/m0/s1. The molecule has 0 bridgehead atoms. The number of piperidine rings is 1. The summed E-state index contributed by atoms with van der Waals surface area (Å²) in [5.74, 6) is 0.916. The Morgan fingerprint density at radius 1 is 1.00 bits per heavy atom. The maximum atomic E-state index is 13.8. The minimum absolute atomic E-state index is 0.0905. The minimum Gasteiger partial charge on any atom is -0.450 e. The van der Waals surface area contributed by atoms with Gasteiger partial charge in [-0.25, -0.2) is 19.6 Å². The van der Waals surface area contributed by atoms with Crippen molar-refractivity contribution in [1.82, 2.24) is 25.1 Å². The lowest BCUT2D eigenvalue weighted by Gasteiger charge is -2.36. The molecule has 4 atom stereocenters. The molecule has 1 unspecified atom stereocenters. The summed E-state index contributed by atoms with van der Waals surface area (Å²) in [6, 6.07) is 10.3. The van der Waals surface area contributed by atoms with E-state index in [0.717, 1.165) is 31.2 Å². The Bertz CT molecular complexity index is 1400. The number of fused-ring (bicyclic) bond motifs is 1. The van der Waals surface area contributed by atoms with Crippen LogP contribution < -0.4 is 10.2 Å². The molecule has 2 aliphatic heterocycles. The first-order valence-corrected chi connectivity index (χ1v) is 15.9. The number of hydrogen-bond donors (Lipinski definition) is 2. The van der Waals surface area contributed by atoms with Crippen molar-refractivity contribution >= 4 is 29.9 Å². The lowest BCUT2D eigenvalue weighted by Crippen LogP contribution is -2.56. The number of anilines is 1. The number of carbonyl (C=O) groups is 4. The van der Waals surface area contributed by atoms with Crippen molar-refractivity contribution in [3.8, 4) is 11.4 Å². The predicted molar refractivity (Wildman–Crippen MR) is 163 cm³/mol. The van der Waals surface area contributed by atoms with E-state index in [1.54, 1.807) is 15.9 Å². The number of hydrogen-bond acceptors (Lipinski definition) is 9. The number of amides is 3. The second-order valence-corrected chi connectivity index (χ2v) is 12.4. The first kappa shape index (κ1) is 30.6. The summed E-state index contributed by atoms with van der Waals surface area (Å²) in [6.07, 6.45) is 2.43. The van der Waals surface area contributed by atoms with E-state index < -0.39 is 18.1 Å². The number of nitrogens with one attached hydrogen (secondary N) is 1. The van der Waals surface area contributed by atoms with E-state index >= 15 is 0 Å². The quantitative estimate of drug-likeness (QED) is 0.283. The van der Waals surface area contributed by atoms with Gasteiger partial charge in [-0.05, 0) is 18.8 Å². The van der Waals surface area contributed by atoms with Crippen molar-refractivity contribution in [2.75, 3.05) is 50.8 Å². The monoisotopic (exact) mass is 620 g/mol. The number of carboxylic acid groups (broad SMARTS) is 1. The SMILES string of the molecule is CCCCOC(=O)N1CCN(C(=O)[C@H](CC2CC2)NC(=O)c2cc(N3C[C@@H]4C(OC(=O)O)[C@@H]4C3)nc(-c3ccccc3)n2)CC1. The molecule has 2 N–H and O–H groups in total. The number of nitrogens with zero attached hydrogens (tertiary/aromatic N) is 5. The highest BCUT2D eigenvalue weighted by atomic mass is 16.7. The van der Waals surface area contributed by atoms with Gasteiger partial charge in [-0.15, -0.1) is 0 Å². The van der Waals surface area contributed by atoms with Crippen molar-refractivity contribution in [3.05, 3.63) is 42.1 Å². The number of carbonyl (C=O) groups excluding carboxylic acids is 3. The predicted octanol–water partition coefficient (Wildman–Crippen LogP) is 3.25. The van der Waals surface area contributed by atoms with Gasteiger partial charge in [0, 0.05) is 62.7 Å². The van der Waals surface area contributed by atoms with Gasteiger partial charge < -0.3 is 34.6 Å². The van der Waals surface area contributed by atoms with Crippen LogP contribution in [0.3, 0.4) is 0 Å². The summed E-state index contributed by atoms with van der Waals surface area (Å²) in [5, 5.41) is 12.0. The number of aromatic nitrogens is 2. The molecular weight excluding hydrogens is 580 g/mol. The van der Waals surface area contributed by atoms with E-state index in [0.29, 0.717) is 69.9 Å². The third kappa shape index (κ3) is 7.29. The third-order valence-electron chi connectivity index (χ3n) is 9.10. The van der Waals surface area contributed by atoms with Gasteiger partial charge in [0.15, 0.2) is 5.82 Å². The zero-order valence-corrected chi connectivity index (χ0v) is 25.5. The Morgan fingerprint density at radius 3 is 2.33 bits per heavy atom. The molecule has 1 aromatic carbocycles. The molecule has 0 radical (unpaired) electrons. The van der Waals surface area contributed by atoms with Crippen LogP contribution in [-0.4, -0.2) is 107 Å². The molecule has 240 valence electrons. The van der Waals surface area contributed by atoms with Crippen LogP contribution in [-0.2, 0) is 14.3 Å². The summed E-state index contributed by atoms with van der Waals surface area (Å²) in [7, 11) is 0. The topological polar surface area (TPSA) is 154 Å². The fourth-order valence-electron chi connectivity index (χ4n) is 6.24. The molecule has 13 heteroatoms. The van der Waals surface area contributed by atoms with Gasteiger partial charge in [0.25, 0.3) is 5.91 Å². The van der Waals surface area contributed by atoms with Gasteiger partial charge in [-0.3, -0.25) is 9.59 Å². The second-order valence-electron chi connectivity index (χ2n) is 12.4. The summed E-state index contributed by atoms with van der Waals surface area (Å²) in [6.45, 7) is 5.06. The number of ether oxygens (including phenoxy) is 2. The number of benzene rings is 1. The van der Waals surface area contributed by atoms with E-state index in [1.165, 1.54) is 0 Å². The van der Waals surface area contributed by atoms with Crippen LogP contribution in [0.2, 0.25) is 0 Å². The van der Waals surface area contributed by atoms with E-state index in [-0.39, 0.29) is 35.6 Å². The Hall–Kier alpha value is -4.42. The van der Waals surface area contributed by atoms with Crippen LogP contribution in [0.1, 0.15) is 49.5 Å². The molecule has 1 aromatic heterocycles. The van der Waals surface area contributed by atoms with E-state index in [1.807, 2.05) is 42.2 Å². The summed E-state index contributed by atoms with van der Waals surface area (Å²) < 4.78 is 10.3. The van der Waals surface area contributed by atoms with Crippen molar-refractivity contribution in [1.29, 1.82) is 0 Å². The van der Waals surface area contributed by atoms with Crippen molar-refractivity contribution in [2.24, 2.45) is 17.8 Å². The first-order chi connectivity index (χ1) is 21.8. The molecule has 4 aliphatic rings. The zero-order chi connectivity index (χ0) is 31.5. The zero-order valence-electron chi connectivity index (χ0n) is 25.5. The summed E-state index contributed by atoms with van der Waals surface area (Å²) >= 11 is 0. The molecule has 6 rings (SSSR count). The number of unbranched alkanes of at least 4 members (excludes halogenated alkanes) is 1. The van der Waals surface area contributed by atoms with Crippen LogP contribution >= 0.6 is 0 Å². The number of piperazine rings is 1. The summed E-state index contributed by atoms with van der Waals surface area (Å²) in [4.78, 5) is 65.6. The molecule has 0 spiro atoms. The van der Waals surface area contributed by atoms with Gasteiger partial charge in [-0.1, -0.05) is 56.5 Å². The molecule has 45 heavy (non-hydrogen) atoms. The Kier molecular flexibility index (Phi) is 9.04. The smallest absolute Gasteiger partial charge is 0.450 e. The largest absolute Gasteiger partial charge is 0.506 e. The lowest BCUT2D eigenvalue weighted by atomic mass is 10.1. The van der Waals surface area contributed by atoms with Crippen molar-refractivity contribution < 1.29 is 33.8 Å². The van der Waals surface area contributed by atoms with E-state index in [4.69, 9.17) is 19.6 Å². The Morgan fingerprint density at radius 2 is 1.69 bits per heavy atom. The molecule has 2 saturated carbocycles. The fraction of sp³-hybridized carbons (Fsp3) is 0.562. The van der Waals surface area contributed by atoms with E-state index in [9.17, 15) is 19.2 Å². The second kappa shape index (κ2) is 13.3. The molecule has 3 heterocycles. The molecule has 2 aromatic rings. The summed E-state index contributed by atoms with van der Waals surface area (Å²) in [5.41, 5.74) is 0.910. The Labute approximate surface area is 261 Å². The average molecular weight is 621 g/mol. The van der Waals surface area contributed by atoms with Gasteiger partial charge in [0.1, 0.15) is 23.7 Å². The minimum atomic E-state index is -1.27. The van der Waals surface area contributed by atoms with Crippen LogP contribution in [0.25, 0.3) is 11.4 Å². The Balaban J connectivity index is 1.15. The highest BCUT2D eigenvalue weighted by molar-refractivity contribution is 5.97. The maximum absolute atomic E-state index is 13.8. The molecule has 4 fully saturated rings. The average Bonchev–Trinajstić information content (AvgIpc) is 3.95. The molecule has 2 aliphatic carbocycles. The molecule has 13 nitrogen and oxygen atoms in total. The van der Waals surface area contributed by atoms with Gasteiger partial charge in [-0.2, -0.15) is 0 Å². The van der Waals surface area contributed by atoms with Crippen molar-refractivity contribution in [3.63, 3.8) is 0 Å². The van der Waals surface area contributed by atoms with Crippen LogP contribution in [0.15, 0.2) is 36.4 Å². The molecule has 2 saturated heterocycles. The highest BCUT2D eigenvalue weighted by Gasteiger charge is 2.59. The lowest BCUT2D eigenvalue weighted by molar-refractivity contribution is -0.135. The van der Waals surface area contributed by atoms with E-state index in [2.05, 4.69) is 10.3 Å². The van der Waals surface area contributed by atoms with Crippen molar-refractivity contribution in [2.45, 2.75) is 51.2 Å². The normalized spacial score (nSPS) is 22.8. The highest BCUT2D eigenvalue weighted by Crippen LogP contribution is 2.48. The first-order valence-electron chi connectivity index (χ1n) is 15.9. The van der Waals surface area contributed by atoms with Gasteiger partial charge >= 0.3 is 12.2 Å². The van der Waals surface area contributed by atoms with Gasteiger partial charge in [0.2, 0.25) is 5.91 Å². The van der Waals surface area contributed by atoms with Crippen LogP contribution in [0.4, 0.5) is 15.4 Å². The van der Waals surface area contributed by atoms with Crippen LogP contribution in [0, 0.1) is 17.8 Å². The third-order valence-corrected chi connectivity index (χ3v) is 9.10. The van der Waals surface area contributed by atoms with Crippen LogP contribution in [0.5, 0.6) is 0 Å².